The predicted octanol–water partition coefficient (Wildman–Crippen LogP) is -2.86. The summed E-state index contributed by atoms with van der Waals surface area (Å²) in [6.07, 6.45) is 0.964. The Kier molecular flexibility index (Phi) is 6.96. The molecule has 0 fully saturated rings. The molecule has 0 amide bonds. The normalized spacial score (nSPS) is 9.29. The molecule has 0 atom stereocenters. The zero-order chi connectivity index (χ0) is 12.3. The molecular formula is C11H11KO5. The van der Waals surface area contributed by atoms with Crippen LogP contribution >= 0.6 is 0 Å². The largest absolute Gasteiger partial charge is 1.00 e. The Morgan fingerprint density at radius 1 is 1.59 bits per heavy atom. The maximum Gasteiger partial charge on any atom is 1.00 e. The van der Waals surface area contributed by atoms with E-state index >= 15 is 0 Å². The van der Waals surface area contributed by atoms with Crippen LogP contribution in [0.4, 0.5) is 0 Å². The standard InChI is InChI=1S/C11H12O5.K/c1-3-7-6(5-12)4-8(11(14)15)9(13)10(7)16-2;/h4-5,13H,3H2,1-2H3,(H,14,15);/q;+1/p-1. The number of hydrogen-bond acceptors (Lipinski definition) is 5. The van der Waals surface area contributed by atoms with Gasteiger partial charge in [-0.2, -0.15) is 0 Å². The van der Waals surface area contributed by atoms with Crippen LogP contribution < -0.4 is 61.2 Å². The van der Waals surface area contributed by atoms with Gasteiger partial charge in [0.05, 0.1) is 13.1 Å². The van der Waals surface area contributed by atoms with E-state index in [2.05, 4.69) is 0 Å². The van der Waals surface area contributed by atoms with Crippen molar-refractivity contribution in [2.45, 2.75) is 13.3 Å². The minimum atomic E-state index is -1.55. The maximum atomic E-state index is 10.8. The average Bonchev–Trinajstić information content (AvgIpc) is 2.27. The molecular weight excluding hydrogens is 251 g/mol. The number of aromatic hydroxyl groups is 1. The first-order valence-corrected chi connectivity index (χ1v) is 4.66. The van der Waals surface area contributed by atoms with Crippen LogP contribution in [0, 0.1) is 0 Å². The third-order valence-corrected chi connectivity index (χ3v) is 2.30. The molecule has 0 radical (unpaired) electrons. The van der Waals surface area contributed by atoms with Gasteiger partial charge >= 0.3 is 51.4 Å². The smallest absolute Gasteiger partial charge is 0.545 e. The number of benzene rings is 1. The fraction of sp³-hybridized carbons (Fsp3) is 0.273. The SMILES string of the molecule is CCc1c(C=O)cc(C(=O)[O-])c(O)c1OC.[K+]. The molecule has 0 aromatic heterocycles. The van der Waals surface area contributed by atoms with Crippen LogP contribution in [0.1, 0.15) is 33.2 Å². The maximum absolute atomic E-state index is 10.8. The van der Waals surface area contributed by atoms with E-state index in [1.165, 1.54) is 7.11 Å². The summed E-state index contributed by atoms with van der Waals surface area (Å²) in [4.78, 5) is 21.5. The Labute approximate surface area is 141 Å². The van der Waals surface area contributed by atoms with Crippen molar-refractivity contribution >= 4 is 12.3 Å². The molecule has 0 saturated carbocycles. The zero-order valence-electron chi connectivity index (χ0n) is 9.94. The predicted molar refractivity (Wildman–Crippen MR) is 53.8 cm³/mol. The van der Waals surface area contributed by atoms with Gasteiger partial charge in [-0.15, -0.1) is 0 Å². The van der Waals surface area contributed by atoms with E-state index in [4.69, 9.17) is 4.74 Å². The van der Waals surface area contributed by atoms with Crippen molar-refractivity contribution in [3.8, 4) is 11.5 Å². The third kappa shape index (κ3) is 3.29. The summed E-state index contributed by atoms with van der Waals surface area (Å²) in [5.41, 5.74) is 0.201. The summed E-state index contributed by atoms with van der Waals surface area (Å²) >= 11 is 0. The van der Waals surface area contributed by atoms with Gasteiger partial charge in [-0.05, 0) is 12.5 Å². The molecule has 5 nitrogen and oxygen atoms in total. The molecule has 1 aromatic carbocycles. The molecule has 0 aliphatic heterocycles. The van der Waals surface area contributed by atoms with E-state index in [1.54, 1.807) is 6.92 Å². The molecule has 0 aliphatic carbocycles. The van der Waals surface area contributed by atoms with Gasteiger partial charge in [-0.3, -0.25) is 4.79 Å². The average molecular weight is 262 g/mol. The van der Waals surface area contributed by atoms with Crippen LogP contribution in [0.2, 0.25) is 0 Å². The number of carboxylic acids is 1. The Bertz CT molecular complexity index is 442. The number of hydrogen-bond donors (Lipinski definition) is 1. The molecule has 0 spiro atoms. The number of phenols is 1. The van der Waals surface area contributed by atoms with Gasteiger partial charge in [0.1, 0.15) is 6.29 Å². The molecule has 6 heteroatoms. The molecule has 1 rings (SSSR count). The first-order chi connectivity index (χ1) is 7.56. The van der Waals surface area contributed by atoms with Gasteiger partial charge in [-0.25, -0.2) is 0 Å². The van der Waals surface area contributed by atoms with Gasteiger partial charge < -0.3 is 19.7 Å². The number of methoxy groups -OCH3 is 1. The number of ether oxygens (including phenoxy) is 1. The number of rotatable bonds is 4. The molecule has 1 N–H and O–H groups in total. The van der Waals surface area contributed by atoms with Crippen LogP contribution in [0.5, 0.6) is 11.5 Å². The second-order valence-electron chi connectivity index (χ2n) is 3.13. The Balaban J connectivity index is 0.00000256. The van der Waals surface area contributed by atoms with Gasteiger partial charge in [-0.1, -0.05) is 6.92 Å². The van der Waals surface area contributed by atoms with Crippen molar-refractivity contribution in [3.05, 3.63) is 22.8 Å². The van der Waals surface area contributed by atoms with Crippen LogP contribution in [0.25, 0.3) is 0 Å². The Morgan fingerprint density at radius 2 is 2.18 bits per heavy atom. The monoisotopic (exact) mass is 262 g/mol. The van der Waals surface area contributed by atoms with Crippen molar-refractivity contribution in [1.82, 2.24) is 0 Å². The first kappa shape index (κ1) is 16.6. The van der Waals surface area contributed by atoms with Crippen molar-refractivity contribution in [1.29, 1.82) is 0 Å². The molecule has 86 valence electrons. The number of carboxylic acid groups (broad SMARTS) is 1. The minimum absolute atomic E-state index is 0. The molecule has 17 heavy (non-hydrogen) atoms. The Hall–Kier alpha value is -0.404. The number of carbonyl (C=O) groups is 2. The number of aromatic carboxylic acids is 1. The topological polar surface area (TPSA) is 86.7 Å². The molecule has 0 saturated heterocycles. The summed E-state index contributed by atoms with van der Waals surface area (Å²) < 4.78 is 4.90. The van der Waals surface area contributed by atoms with Gasteiger partial charge in [0.25, 0.3) is 0 Å². The molecule has 1 aromatic rings. The molecule has 0 aliphatic rings. The third-order valence-electron chi connectivity index (χ3n) is 2.30. The minimum Gasteiger partial charge on any atom is -0.545 e. The van der Waals surface area contributed by atoms with Crippen LogP contribution in [-0.4, -0.2) is 24.5 Å². The van der Waals surface area contributed by atoms with Crippen molar-refractivity contribution < 1.29 is 75.9 Å². The second-order valence-corrected chi connectivity index (χ2v) is 3.13. The van der Waals surface area contributed by atoms with Crippen LogP contribution in [-0.2, 0) is 6.42 Å². The van der Waals surface area contributed by atoms with Gasteiger partial charge in [0.2, 0.25) is 0 Å². The van der Waals surface area contributed by atoms with Crippen molar-refractivity contribution in [3.63, 3.8) is 0 Å². The summed E-state index contributed by atoms with van der Waals surface area (Å²) in [6.45, 7) is 1.77. The van der Waals surface area contributed by atoms with Crippen LogP contribution in [0.3, 0.4) is 0 Å². The first-order valence-electron chi connectivity index (χ1n) is 4.66. The van der Waals surface area contributed by atoms with Gasteiger partial charge in [0, 0.05) is 16.7 Å². The number of aldehydes is 1. The van der Waals surface area contributed by atoms with Crippen LogP contribution in [0.15, 0.2) is 6.07 Å². The second kappa shape index (κ2) is 7.12. The summed E-state index contributed by atoms with van der Waals surface area (Å²) in [6, 6.07) is 1.08. The fourth-order valence-electron chi connectivity index (χ4n) is 1.55. The van der Waals surface area contributed by atoms with E-state index in [0.29, 0.717) is 18.3 Å². The zero-order valence-corrected chi connectivity index (χ0v) is 13.1. The molecule has 0 unspecified atom stereocenters. The van der Waals surface area contributed by atoms with Crippen molar-refractivity contribution in [2.24, 2.45) is 0 Å². The van der Waals surface area contributed by atoms with Gasteiger partial charge in [0.15, 0.2) is 11.5 Å². The van der Waals surface area contributed by atoms with E-state index in [0.717, 1.165) is 6.07 Å². The summed E-state index contributed by atoms with van der Waals surface area (Å²) in [7, 11) is 1.29. The fourth-order valence-corrected chi connectivity index (χ4v) is 1.55. The summed E-state index contributed by atoms with van der Waals surface area (Å²) in [5.74, 6) is -2.06. The van der Waals surface area contributed by atoms with E-state index in [-0.39, 0.29) is 62.7 Å². The molecule has 0 heterocycles. The quantitative estimate of drug-likeness (QED) is 0.466. The van der Waals surface area contributed by atoms with E-state index in [9.17, 15) is 19.8 Å². The van der Waals surface area contributed by atoms with E-state index < -0.39 is 17.3 Å². The van der Waals surface area contributed by atoms with E-state index in [1.807, 2.05) is 0 Å². The number of carbonyl (C=O) groups excluding carboxylic acids is 2. The van der Waals surface area contributed by atoms with Crippen molar-refractivity contribution in [2.75, 3.05) is 7.11 Å². The molecule has 0 bridgehead atoms. The Morgan fingerprint density at radius 3 is 2.53 bits per heavy atom. The summed E-state index contributed by atoms with van der Waals surface area (Å²) in [5, 5.41) is 20.3.